The molecule has 0 aromatic carbocycles. The highest BCUT2D eigenvalue weighted by Crippen LogP contribution is 2.16. The Hall–Kier alpha value is -0.450. The van der Waals surface area contributed by atoms with Gasteiger partial charge in [-0.15, -0.1) is 11.3 Å². The minimum Gasteiger partial charge on any atom is -0.396 e. The summed E-state index contributed by atoms with van der Waals surface area (Å²) in [4.78, 5) is 5.40. The minimum atomic E-state index is 0.0153. The van der Waals surface area contributed by atoms with Crippen LogP contribution in [-0.4, -0.2) is 28.4 Å². The highest BCUT2D eigenvalue weighted by molar-refractivity contribution is 7.09. The van der Waals surface area contributed by atoms with Gasteiger partial charge in [0.15, 0.2) is 0 Å². The Labute approximate surface area is 82.1 Å². The topological polar surface area (TPSA) is 53.4 Å². The molecular weight excluding hydrogens is 186 g/mol. The van der Waals surface area contributed by atoms with Crippen LogP contribution in [0.25, 0.3) is 0 Å². The van der Waals surface area contributed by atoms with Gasteiger partial charge in [0.05, 0.1) is 11.2 Å². The summed E-state index contributed by atoms with van der Waals surface area (Å²) >= 11 is 1.64. The summed E-state index contributed by atoms with van der Waals surface area (Å²) in [7, 11) is 0. The zero-order valence-corrected chi connectivity index (χ0v) is 8.55. The van der Waals surface area contributed by atoms with E-state index in [4.69, 9.17) is 10.2 Å². The largest absolute Gasteiger partial charge is 0.396 e. The van der Waals surface area contributed by atoms with Crippen molar-refractivity contribution in [2.45, 2.75) is 19.8 Å². The fourth-order valence-corrected chi connectivity index (χ4v) is 1.94. The molecule has 0 aliphatic rings. The molecular formula is C9H15NO2S. The first-order valence-electron chi connectivity index (χ1n) is 4.38. The summed E-state index contributed by atoms with van der Waals surface area (Å²) in [6, 6.07) is 0. The van der Waals surface area contributed by atoms with Crippen molar-refractivity contribution < 1.29 is 10.2 Å². The normalized spacial score (nSPS) is 11.1. The average Bonchev–Trinajstić information content (AvgIpc) is 2.54. The van der Waals surface area contributed by atoms with Gasteiger partial charge in [-0.2, -0.15) is 0 Å². The number of aliphatic hydroxyl groups is 2. The van der Waals surface area contributed by atoms with E-state index in [1.54, 1.807) is 11.3 Å². The number of aliphatic hydroxyl groups excluding tert-OH is 2. The third kappa shape index (κ3) is 3.06. The fraction of sp³-hybridized carbons (Fsp3) is 0.667. The molecule has 2 N–H and O–H groups in total. The van der Waals surface area contributed by atoms with Gasteiger partial charge in [-0.05, 0) is 19.8 Å². The molecule has 0 unspecified atom stereocenters. The van der Waals surface area contributed by atoms with Crippen LogP contribution in [0, 0.1) is 12.8 Å². The predicted octanol–water partition coefficient (Wildman–Crippen LogP) is 0.985. The van der Waals surface area contributed by atoms with Gasteiger partial charge in [0.25, 0.3) is 0 Å². The fourth-order valence-electron chi connectivity index (χ4n) is 1.14. The molecule has 0 amide bonds. The summed E-state index contributed by atoms with van der Waals surface area (Å²) < 4.78 is 0. The maximum absolute atomic E-state index is 8.85. The first-order chi connectivity index (χ1) is 6.27. The summed E-state index contributed by atoms with van der Waals surface area (Å²) in [5.74, 6) is 0.0153. The van der Waals surface area contributed by atoms with Crippen LogP contribution in [0.1, 0.15) is 17.0 Å². The average molecular weight is 201 g/mol. The van der Waals surface area contributed by atoms with Gasteiger partial charge in [0.2, 0.25) is 0 Å². The number of thiazole rings is 1. The molecule has 0 spiro atoms. The number of hydrogen-bond donors (Lipinski definition) is 2. The second-order valence-corrected chi connectivity index (χ2v) is 4.07. The minimum absolute atomic E-state index is 0.0153. The summed E-state index contributed by atoms with van der Waals surface area (Å²) in [6.07, 6.45) is 1.73. The molecule has 0 aliphatic carbocycles. The lowest BCUT2D eigenvalue weighted by atomic mass is 10.0. The summed E-state index contributed by atoms with van der Waals surface area (Å²) in [6.45, 7) is 2.11. The molecule has 0 bridgehead atoms. The van der Waals surface area contributed by atoms with E-state index in [9.17, 15) is 0 Å². The number of aryl methyl sites for hydroxylation is 2. The zero-order valence-electron chi connectivity index (χ0n) is 7.73. The van der Waals surface area contributed by atoms with Gasteiger partial charge >= 0.3 is 0 Å². The van der Waals surface area contributed by atoms with Crippen LogP contribution in [-0.2, 0) is 6.42 Å². The molecule has 4 heteroatoms. The molecule has 0 radical (unpaired) electrons. The summed E-state index contributed by atoms with van der Waals surface area (Å²) in [5.41, 5.74) is 2.90. The Bertz CT molecular complexity index is 246. The number of nitrogens with zero attached hydrogens (tertiary/aromatic N) is 1. The molecule has 3 nitrogen and oxygen atoms in total. The zero-order chi connectivity index (χ0) is 9.68. The van der Waals surface area contributed by atoms with Crippen molar-refractivity contribution in [2.24, 2.45) is 5.92 Å². The maximum atomic E-state index is 8.85. The number of aromatic nitrogens is 1. The Kier molecular flexibility index (Phi) is 4.35. The Morgan fingerprint density at radius 1 is 1.46 bits per heavy atom. The smallest absolute Gasteiger partial charge is 0.0797 e. The number of rotatable bonds is 5. The molecule has 1 aromatic heterocycles. The third-order valence-electron chi connectivity index (χ3n) is 2.14. The van der Waals surface area contributed by atoms with Gasteiger partial charge in [-0.1, -0.05) is 0 Å². The van der Waals surface area contributed by atoms with Crippen LogP contribution < -0.4 is 0 Å². The van der Waals surface area contributed by atoms with E-state index in [0.29, 0.717) is 0 Å². The Morgan fingerprint density at radius 2 is 2.15 bits per heavy atom. The van der Waals surface area contributed by atoms with Gasteiger partial charge in [-0.25, -0.2) is 4.98 Å². The van der Waals surface area contributed by atoms with E-state index >= 15 is 0 Å². The highest BCUT2D eigenvalue weighted by atomic mass is 32.1. The standard InChI is InChI=1S/C9H15NO2S/c1-7-9(13-6-10-7)3-2-8(4-11)5-12/h6,8,11-12H,2-5H2,1H3. The highest BCUT2D eigenvalue weighted by Gasteiger charge is 2.08. The molecule has 0 saturated heterocycles. The van der Waals surface area contributed by atoms with E-state index < -0.39 is 0 Å². The van der Waals surface area contributed by atoms with Gasteiger partial charge in [0, 0.05) is 24.0 Å². The van der Waals surface area contributed by atoms with Crippen molar-refractivity contribution in [1.29, 1.82) is 0 Å². The van der Waals surface area contributed by atoms with E-state index in [0.717, 1.165) is 18.5 Å². The van der Waals surface area contributed by atoms with E-state index in [2.05, 4.69) is 4.98 Å². The van der Waals surface area contributed by atoms with Crippen LogP contribution >= 0.6 is 11.3 Å². The quantitative estimate of drug-likeness (QED) is 0.747. The van der Waals surface area contributed by atoms with Crippen LogP contribution in [0.5, 0.6) is 0 Å². The third-order valence-corrected chi connectivity index (χ3v) is 3.14. The van der Waals surface area contributed by atoms with Crippen LogP contribution in [0.15, 0.2) is 5.51 Å². The van der Waals surface area contributed by atoms with Crippen LogP contribution in [0.3, 0.4) is 0 Å². The molecule has 74 valence electrons. The van der Waals surface area contributed by atoms with E-state index in [1.807, 2.05) is 12.4 Å². The monoisotopic (exact) mass is 201 g/mol. The first-order valence-corrected chi connectivity index (χ1v) is 5.26. The molecule has 1 heterocycles. The molecule has 13 heavy (non-hydrogen) atoms. The first kappa shape index (κ1) is 10.6. The lowest BCUT2D eigenvalue weighted by molar-refractivity contribution is 0.144. The molecule has 1 aromatic rings. The van der Waals surface area contributed by atoms with Crippen molar-refractivity contribution in [3.05, 3.63) is 16.1 Å². The lowest BCUT2D eigenvalue weighted by Crippen LogP contribution is -2.11. The van der Waals surface area contributed by atoms with Gasteiger partial charge in [-0.3, -0.25) is 0 Å². The molecule has 0 aliphatic heterocycles. The van der Waals surface area contributed by atoms with Crippen LogP contribution in [0.4, 0.5) is 0 Å². The summed E-state index contributed by atoms with van der Waals surface area (Å²) in [5, 5.41) is 17.7. The lowest BCUT2D eigenvalue weighted by Gasteiger charge is -2.09. The Morgan fingerprint density at radius 3 is 2.62 bits per heavy atom. The predicted molar refractivity (Wildman–Crippen MR) is 52.8 cm³/mol. The Balaban J connectivity index is 2.38. The second-order valence-electron chi connectivity index (χ2n) is 3.13. The maximum Gasteiger partial charge on any atom is 0.0797 e. The molecule has 1 rings (SSSR count). The van der Waals surface area contributed by atoms with Crippen molar-refractivity contribution in [3.63, 3.8) is 0 Å². The number of hydrogen-bond acceptors (Lipinski definition) is 4. The van der Waals surface area contributed by atoms with E-state index in [-0.39, 0.29) is 19.1 Å². The van der Waals surface area contributed by atoms with Gasteiger partial charge in [0.1, 0.15) is 0 Å². The van der Waals surface area contributed by atoms with Crippen LogP contribution in [0.2, 0.25) is 0 Å². The van der Waals surface area contributed by atoms with Crippen molar-refractivity contribution in [2.75, 3.05) is 13.2 Å². The molecule has 0 saturated carbocycles. The van der Waals surface area contributed by atoms with Gasteiger partial charge < -0.3 is 10.2 Å². The van der Waals surface area contributed by atoms with Crippen molar-refractivity contribution in [3.8, 4) is 0 Å². The van der Waals surface area contributed by atoms with Crippen molar-refractivity contribution >= 4 is 11.3 Å². The van der Waals surface area contributed by atoms with Crippen molar-refractivity contribution in [1.82, 2.24) is 4.98 Å². The SMILES string of the molecule is Cc1ncsc1CCC(CO)CO. The molecule has 0 atom stereocenters. The molecule has 0 fully saturated rings. The second kappa shape index (κ2) is 5.32. The van der Waals surface area contributed by atoms with E-state index in [1.165, 1.54) is 4.88 Å².